The molecule has 1 aromatic heterocycles. The zero-order valence-electron chi connectivity index (χ0n) is 21.5. The summed E-state index contributed by atoms with van der Waals surface area (Å²) in [6.45, 7) is 0.632. The van der Waals surface area contributed by atoms with Gasteiger partial charge in [0.1, 0.15) is 5.82 Å². The Morgan fingerprint density at radius 2 is 1.33 bits per heavy atom. The van der Waals surface area contributed by atoms with Crippen LogP contribution in [0.3, 0.4) is 0 Å². The summed E-state index contributed by atoms with van der Waals surface area (Å²) in [6.07, 6.45) is 1.83. The van der Waals surface area contributed by atoms with E-state index in [1.54, 1.807) is 0 Å². The molecule has 0 bridgehead atoms. The Hall–Kier alpha value is -3.94. The van der Waals surface area contributed by atoms with Crippen molar-refractivity contribution in [3.63, 3.8) is 0 Å². The number of carbonyl (C=O) groups excluding carboxylic acids is 2. The Labute approximate surface area is 229 Å². The van der Waals surface area contributed by atoms with E-state index in [0.717, 1.165) is 16.7 Å². The van der Waals surface area contributed by atoms with Crippen molar-refractivity contribution < 1.29 is 23.4 Å². The summed E-state index contributed by atoms with van der Waals surface area (Å²) < 4.78 is 17.1. The smallest absolute Gasteiger partial charge is 0.338 e. The third-order valence-corrected chi connectivity index (χ3v) is 6.92. The van der Waals surface area contributed by atoms with Crippen molar-refractivity contribution in [2.75, 3.05) is 12.4 Å². The van der Waals surface area contributed by atoms with Gasteiger partial charge in [-0.2, -0.15) is 0 Å². The van der Waals surface area contributed by atoms with Crippen LogP contribution in [-0.4, -0.2) is 30.0 Å². The topological polar surface area (TPSA) is 98.8 Å². The van der Waals surface area contributed by atoms with Crippen LogP contribution in [0.15, 0.2) is 109 Å². The first kappa shape index (κ1) is 28.1. The van der Waals surface area contributed by atoms with Crippen LogP contribution in [0, 0.1) is 0 Å². The van der Waals surface area contributed by atoms with E-state index < -0.39 is 20.5 Å². The number of carbonyl (C=O) groups is 2. The molecular weight excluding hydrogens is 513 g/mol. The van der Waals surface area contributed by atoms with Gasteiger partial charge in [0.15, 0.2) is 0 Å². The predicted octanol–water partition coefficient (Wildman–Crippen LogP) is 5.67. The number of benzene rings is 3. The highest BCUT2D eigenvalue weighted by molar-refractivity contribution is 7.45. The first-order valence-electron chi connectivity index (χ1n) is 12.4. The third-order valence-electron chi connectivity index (χ3n) is 5.68. The minimum Gasteiger partial charge on any atom is -0.465 e. The second kappa shape index (κ2) is 14.9. The van der Waals surface area contributed by atoms with Crippen molar-refractivity contribution in [2.45, 2.75) is 25.7 Å². The lowest BCUT2D eigenvalue weighted by atomic mass is 10.1. The fourth-order valence-electron chi connectivity index (χ4n) is 3.66. The number of nitrogens with zero attached hydrogens (tertiary/aromatic N) is 1. The lowest BCUT2D eigenvalue weighted by Crippen LogP contribution is -2.40. The van der Waals surface area contributed by atoms with Gasteiger partial charge < -0.3 is 19.1 Å². The number of anilines is 1. The van der Waals surface area contributed by atoms with Crippen LogP contribution in [0.5, 0.6) is 0 Å². The summed E-state index contributed by atoms with van der Waals surface area (Å²) in [5.74, 6) is -0.617. The molecule has 0 aliphatic carbocycles. The molecule has 1 unspecified atom stereocenters. The molecule has 1 heterocycles. The molecule has 8 nitrogen and oxygen atoms in total. The molecule has 0 saturated carbocycles. The quantitative estimate of drug-likeness (QED) is 0.166. The molecule has 4 rings (SSSR count). The highest BCUT2D eigenvalue weighted by Gasteiger charge is 2.25. The van der Waals surface area contributed by atoms with Gasteiger partial charge in [-0.05, 0) is 35.2 Å². The molecule has 0 aliphatic rings. The molecule has 0 spiro atoms. The Kier molecular flexibility index (Phi) is 10.7. The lowest BCUT2D eigenvalue weighted by Gasteiger charge is -2.24. The molecule has 1 amide bonds. The Morgan fingerprint density at radius 3 is 1.87 bits per heavy atom. The maximum atomic E-state index is 13.5. The molecule has 4 aromatic rings. The fraction of sp³-hybridized carbons (Fsp3) is 0.167. The monoisotopic (exact) mass is 543 g/mol. The number of hydrogen-bond donors (Lipinski definition) is 2. The van der Waals surface area contributed by atoms with Crippen LogP contribution in [0.1, 0.15) is 27.0 Å². The third kappa shape index (κ3) is 9.09. The second-order valence-electron chi connectivity index (χ2n) is 8.56. The van der Waals surface area contributed by atoms with Crippen LogP contribution in [-0.2, 0) is 38.2 Å². The van der Waals surface area contributed by atoms with Crippen molar-refractivity contribution in [3.8, 4) is 0 Å². The summed E-state index contributed by atoms with van der Waals surface area (Å²) in [7, 11) is -0.376. The standard InChI is InChI=1S/C30H30N3O5P/c1-36-30(35)26-17-18-31-28(20-26)32-29(34)27(19-23-11-5-2-6-12-23)33-39(37-21-24-13-7-3-8-14-24)38-22-25-15-9-4-10-16-25/h2-18,20,27,33H,19,21-22H2,1H3,(H,31,32,34). The molecule has 0 aliphatic heterocycles. The Morgan fingerprint density at radius 1 is 0.795 bits per heavy atom. The van der Waals surface area contributed by atoms with E-state index in [4.69, 9.17) is 13.8 Å². The van der Waals surface area contributed by atoms with Crippen LogP contribution in [0.2, 0.25) is 0 Å². The summed E-state index contributed by atoms with van der Waals surface area (Å²) in [5, 5.41) is 6.11. The molecule has 39 heavy (non-hydrogen) atoms. The maximum Gasteiger partial charge on any atom is 0.338 e. The van der Waals surface area contributed by atoms with E-state index >= 15 is 0 Å². The van der Waals surface area contributed by atoms with Crippen LogP contribution >= 0.6 is 8.53 Å². The molecule has 0 radical (unpaired) electrons. The SMILES string of the molecule is COC(=O)c1ccnc(NC(=O)C(Cc2ccccc2)NP(OCc2ccccc2)OCc2ccccc2)c1. The highest BCUT2D eigenvalue weighted by Crippen LogP contribution is 2.37. The van der Waals surface area contributed by atoms with Gasteiger partial charge >= 0.3 is 5.97 Å². The number of hydrogen-bond acceptors (Lipinski definition) is 7. The van der Waals surface area contributed by atoms with Crippen molar-refractivity contribution in [1.82, 2.24) is 10.1 Å². The zero-order valence-corrected chi connectivity index (χ0v) is 22.4. The van der Waals surface area contributed by atoms with Crippen LogP contribution < -0.4 is 10.4 Å². The van der Waals surface area contributed by atoms with E-state index in [0.29, 0.717) is 19.6 Å². The molecule has 0 fully saturated rings. The van der Waals surface area contributed by atoms with Gasteiger partial charge in [-0.15, -0.1) is 0 Å². The molecule has 3 aromatic carbocycles. The van der Waals surface area contributed by atoms with Gasteiger partial charge in [0.25, 0.3) is 8.53 Å². The van der Waals surface area contributed by atoms with Crippen molar-refractivity contribution in [1.29, 1.82) is 0 Å². The molecule has 0 saturated heterocycles. The maximum absolute atomic E-state index is 13.5. The number of pyridine rings is 1. The summed E-state index contributed by atoms with van der Waals surface area (Å²) in [4.78, 5) is 29.7. The number of aromatic nitrogens is 1. The average molecular weight is 544 g/mol. The highest BCUT2D eigenvalue weighted by atomic mass is 31.2. The number of amides is 1. The van der Waals surface area contributed by atoms with Gasteiger partial charge in [0.2, 0.25) is 5.91 Å². The van der Waals surface area contributed by atoms with Gasteiger partial charge in [-0.1, -0.05) is 91.0 Å². The van der Waals surface area contributed by atoms with E-state index in [1.165, 1.54) is 25.4 Å². The summed E-state index contributed by atoms with van der Waals surface area (Å²) >= 11 is 0. The van der Waals surface area contributed by atoms with Crippen LogP contribution in [0.4, 0.5) is 5.82 Å². The van der Waals surface area contributed by atoms with Crippen molar-refractivity contribution in [3.05, 3.63) is 132 Å². The summed E-state index contributed by atoms with van der Waals surface area (Å²) in [6, 6.07) is 31.5. The number of rotatable bonds is 13. The average Bonchev–Trinajstić information content (AvgIpc) is 2.99. The molecular formula is C30H30N3O5P. The van der Waals surface area contributed by atoms with Gasteiger partial charge in [0, 0.05) is 6.20 Å². The lowest BCUT2D eigenvalue weighted by molar-refractivity contribution is -0.117. The second-order valence-corrected chi connectivity index (χ2v) is 9.85. The van der Waals surface area contributed by atoms with Gasteiger partial charge in [-0.25, -0.2) is 14.9 Å². The molecule has 2 N–H and O–H groups in total. The molecule has 1 atom stereocenters. The fourth-order valence-corrected chi connectivity index (χ4v) is 4.88. The van der Waals surface area contributed by atoms with E-state index in [1.807, 2.05) is 91.0 Å². The van der Waals surface area contributed by atoms with Crippen molar-refractivity contribution >= 4 is 26.2 Å². The van der Waals surface area contributed by atoms with E-state index in [-0.39, 0.29) is 17.3 Å². The van der Waals surface area contributed by atoms with E-state index in [9.17, 15) is 9.59 Å². The van der Waals surface area contributed by atoms with Gasteiger partial charge in [0.05, 0.1) is 31.9 Å². The predicted molar refractivity (Wildman–Crippen MR) is 151 cm³/mol. The largest absolute Gasteiger partial charge is 0.465 e. The van der Waals surface area contributed by atoms with Gasteiger partial charge in [-0.3, -0.25) is 4.79 Å². The first-order chi connectivity index (χ1) is 19.1. The van der Waals surface area contributed by atoms with E-state index in [2.05, 4.69) is 15.4 Å². The molecule has 200 valence electrons. The van der Waals surface area contributed by atoms with Crippen molar-refractivity contribution in [2.24, 2.45) is 0 Å². The number of nitrogens with one attached hydrogen (secondary N) is 2. The number of ether oxygens (including phenoxy) is 1. The Bertz CT molecular complexity index is 1280. The minimum absolute atomic E-state index is 0.238. The first-order valence-corrected chi connectivity index (χ1v) is 13.6. The normalized spacial score (nSPS) is 11.6. The summed E-state index contributed by atoms with van der Waals surface area (Å²) in [5.41, 5.74) is 3.23. The van der Waals surface area contributed by atoms with Crippen LogP contribution in [0.25, 0.3) is 0 Å². The minimum atomic E-state index is -1.68. The zero-order chi connectivity index (χ0) is 27.3. The number of methoxy groups -OCH3 is 1. The Balaban J connectivity index is 1.52. The number of esters is 1. The molecule has 9 heteroatoms.